The molecule has 9 heteroatoms. The summed E-state index contributed by atoms with van der Waals surface area (Å²) in [5, 5.41) is 3.03. The van der Waals surface area contributed by atoms with Gasteiger partial charge in [0.05, 0.1) is 11.3 Å². The Hall–Kier alpha value is -2.68. The fourth-order valence-corrected chi connectivity index (χ4v) is 3.62. The van der Waals surface area contributed by atoms with Gasteiger partial charge in [0.1, 0.15) is 5.58 Å². The Balaban J connectivity index is 1.59. The van der Waals surface area contributed by atoms with E-state index in [1.165, 1.54) is 6.07 Å². The van der Waals surface area contributed by atoms with Crippen LogP contribution >= 0.6 is 0 Å². The van der Waals surface area contributed by atoms with Crippen molar-refractivity contribution in [3.05, 3.63) is 47.7 Å². The van der Waals surface area contributed by atoms with E-state index < -0.39 is 17.7 Å². The highest BCUT2D eigenvalue weighted by Crippen LogP contribution is 2.40. The molecule has 4 rings (SSSR count). The molecule has 0 spiro atoms. The summed E-state index contributed by atoms with van der Waals surface area (Å²) in [5.41, 5.74) is 0.443. The summed E-state index contributed by atoms with van der Waals surface area (Å²) >= 11 is 0. The molecule has 1 aliphatic heterocycles. The minimum atomic E-state index is -4.58. The molecule has 0 unspecified atom stereocenters. The van der Waals surface area contributed by atoms with Crippen LogP contribution in [-0.2, 0) is 12.7 Å². The van der Waals surface area contributed by atoms with Crippen molar-refractivity contribution in [1.82, 2.24) is 9.88 Å². The monoisotopic (exact) mass is 425 g/mol. The van der Waals surface area contributed by atoms with Gasteiger partial charge in [-0.15, -0.1) is 0 Å². The van der Waals surface area contributed by atoms with Crippen LogP contribution in [-0.4, -0.2) is 35.9 Å². The zero-order chi connectivity index (χ0) is 21.5. The maximum absolute atomic E-state index is 13.5. The van der Waals surface area contributed by atoms with Crippen molar-refractivity contribution in [2.75, 3.05) is 25.5 Å². The van der Waals surface area contributed by atoms with Crippen molar-refractivity contribution in [3.8, 4) is 11.3 Å². The number of piperidine rings is 1. The van der Waals surface area contributed by atoms with Crippen molar-refractivity contribution in [3.63, 3.8) is 0 Å². The van der Waals surface area contributed by atoms with Gasteiger partial charge < -0.3 is 9.73 Å². The van der Waals surface area contributed by atoms with Crippen LogP contribution in [0.4, 0.5) is 27.8 Å². The third-order valence-corrected chi connectivity index (χ3v) is 5.28. The van der Waals surface area contributed by atoms with Gasteiger partial charge in [-0.1, -0.05) is 6.07 Å². The average molecular weight is 425 g/mol. The van der Waals surface area contributed by atoms with Gasteiger partial charge in [0.25, 0.3) is 5.92 Å². The lowest BCUT2D eigenvalue weighted by atomic mass is 10.0. The molecule has 4 nitrogen and oxygen atoms in total. The number of anilines is 1. The number of halogens is 5. The SMILES string of the molecule is CNc1cc2cc(-c3ccc(CN4CCC(F)(F)CC4)cn3)cc(C(F)(F)F)c2o1. The Morgan fingerprint density at radius 1 is 1.13 bits per heavy atom. The Kier molecular flexibility index (Phi) is 5.17. The number of pyridine rings is 1. The molecule has 3 heterocycles. The standard InChI is InChI=1S/C21H20F5N3O/c1-27-18-10-15-8-14(9-16(19(15)30-18)21(24,25)26)17-3-2-13(11-28-17)12-29-6-4-20(22,23)5-7-29/h2-3,8-11,27H,4-7,12H2,1H3. The van der Waals surface area contributed by atoms with E-state index >= 15 is 0 Å². The molecule has 1 saturated heterocycles. The highest BCUT2D eigenvalue weighted by atomic mass is 19.4. The normalized spacial score (nSPS) is 17.4. The van der Waals surface area contributed by atoms with Crippen LogP contribution in [0, 0.1) is 0 Å². The number of alkyl halides is 5. The van der Waals surface area contributed by atoms with E-state index in [2.05, 4.69) is 10.3 Å². The van der Waals surface area contributed by atoms with Gasteiger partial charge in [-0.25, -0.2) is 8.78 Å². The zero-order valence-corrected chi connectivity index (χ0v) is 16.2. The smallest absolute Gasteiger partial charge is 0.420 e. The number of nitrogens with zero attached hydrogens (tertiary/aromatic N) is 2. The van der Waals surface area contributed by atoms with Crippen LogP contribution < -0.4 is 5.32 Å². The van der Waals surface area contributed by atoms with Crippen molar-refractivity contribution >= 4 is 16.9 Å². The molecule has 0 aliphatic carbocycles. The molecule has 0 radical (unpaired) electrons. The number of nitrogens with one attached hydrogen (secondary N) is 1. The second-order valence-corrected chi connectivity index (χ2v) is 7.48. The second kappa shape index (κ2) is 7.54. The Morgan fingerprint density at radius 2 is 1.87 bits per heavy atom. The van der Waals surface area contributed by atoms with Crippen LogP contribution in [0.2, 0.25) is 0 Å². The van der Waals surface area contributed by atoms with E-state index in [-0.39, 0.29) is 24.3 Å². The Bertz CT molecular complexity index is 1030. The van der Waals surface area contributed by atoms with Gasteiger partial charge in [0.2, 0.25) is 0 Å². The predicted molar refractivity (Wildman–Crippen MR) is 103 cm³/mol. The molecular formula is C21H20F5N3O. The number of rotatable bonds is 4. The van der Waals surface area contributed by atoms with E-state index in [0.717, 1.165) is 11.6 Å². The van der Waals surface area contributed by atoms with Crippen LogP contribution in [0.5, 0.6) is 0 Å². The minimum absolute atomic E-state index is 0.169. The number of benzene rings is 1. The molecule has 1 aliphatic rings. The lowest BCUT2D eigenvalue weighted by Gasteiger charge is -2.31. The van der Waals surface area contributed by atoms with Crippen LogP contribution in [0.1, 0.15) is 24.0 Å². The maximum Gasteiger partial charge on any atom is 0.420 e. The lowest BCUT2D eigenvalue weighted by Crippen LogP contribution is -2.38. The molecule has 0 amide bonds. The van der Waals surface area contributed by atoms with Gasteiger partial charge in [-0.05, 0) is 23.8 Å². The number of hydrogen-bond acceptors (Lipinski definition) is 4. The number of likely N-dealkylation sites (tertiary alicyclic amines) is 1. The molecule has 1 aromatic carbocycles. The topological polar surface area (TPSA) is 41.3 Å². The van der Waals surface area contributed by atoms with Crippen molar-refractivity contribution in [1.29, 1.82) is 0 Å². The van der Waals surface area contributed by atoms with Crippen molar-refractivity contribution in [2.45, 2.75) is 31.5 Å². The summed E-state index contributed by atoms with van der Waals surface area (Å²) in [4.78, 5) is 6.23. The number of hydrogen-bond donors (Lipinski definition) is 1. The third-order valence-electron chi connectivity index (χ3n) is 5.28. The number of furan rings is 1. The molecule has 1 fully saturated rings. The average Bonchev–Trinajstić information content (AvgIpc) is 3.12. The summed E-state index contributed by atoms with van der Waals surface area (Å²) in [6.07, 6.45) is -3.34. The molecule has 30 heavy (non-hydrogen) atoms. The number of aromatic nitrogens is 1. The van der Waals surface area contributed by atoms with Crippen LogP contribution in [0.25, 0.3) is 22.2 Å². The summed E-state index contributed by atoms with van der Waals surface area (Å²) in [6.45, 7) is 1.08. The van der Waals surface area contributed by atoms with E-state index in [9.17, 15) is 22.0 Å². The van der Waals surface area contributed by atoms with E-state index in [1.54, 1.807) is 31.4 Å². The first-order valence-electron chi connectivity index (χ1n) is 9.53. The fourth-order valence-electron chi connectivity index (χ4n) is 3.62. The van der Waals surface area contributed by atoms with Gasteiger partial charge in [-0.2, -0.15) is 13.2 Å². The summed E-state index contributed by atoms with van der Waals surface area (Å²) in [7, 11) is 1.57. The summed E-state index contributed by atoms with van der Waals surface area (Å²) in [5.74, 6) is -2.36. The first-order valence-corrected chi connectivity index (χ1v) is 9.53. The molecule has 2 aromatic heterocycles. The van der Waals surface area contributed by atoms with Crippen LogP contribution in [0.15, 0.2) is 40.9 Å². The molecule has 3 aromatic rings. The Morgan fingerprint density at radius 3 is 2.47 bits per heavy atom. The maximum atomic E-state index is 13.5. The molecule has 1 N–H and O–H groups in total. The Labute approximate surface area is 169 Å². The van der Waals surface area contributed by atoms with Gasteiger partial charge in [0.15, 0.2) is 5.88 Å². The van der Waals surface area contributed by atoms with E-state index in [4.69, 9.17) is 4.42 Å². The van der Waals surface area contributed by atoms with Gasteiger partial charge in [-0.3, -0.25) is 9.88 Å². The largest absolute Gasteiger partial charge is 0.440 e. The molecular weight excluding hydrogens is 405 g/mol. The fraction of sp³-hybridized carbons (Fsp3) is 0.381. The highest BCUT2D eigenvalue weighted by Gasteiger charge is 2.35. The van der Waals surface area contributed by atoms with Crippen molar-refractivity contribution < 1.29 is 26.4 Å². The predicted octanol–water partition coefficient (Wildman–Crippen LogP) is 5.79. The second-order valence-electron chi connectivity index (χ2n) is 7.48. The van der Waals surface area contributed by atoms with E-state index in [1.807, 2.05) is 4.90 Å². The molecule has 0 atom stereocenters. The summed E-state index contributed by atoms with van der Waals surface area (Å²) in [6, 6.07) is 7.55. The molecule has 0 bridgehead atoms. The molecule has 160 valence electrons. The highest BCUT2D eigenvalue weighted by molar-refractivity contribution is 5.88. The summed E-state index contributed by atoms with van der Waals surface area (Å²) < 4.78 is 72.5. The molecule has 0 saturated carbocycles. The van der Waals surface area contributed by atoms with Gasteiger partial charge in [0, 0.05) is 62.7 Å². The van der Waals surface area contributed by atoms with E-state index in [0.29, 0.717) is 36.3 Å². The first kappa shape index (κ1) is 20.6. The van der Waals surface area contributed by atoms with Crippen molar-refractivity contribution in [2.24, 2.45) is 0 Å². The van der Waals surface area contributed by atoms with Gasteiger partial charge >= 0.3 is 6.18 Å². The van der Waals surface area contributed by atoms with Crippen LogP contribution in [0.3, 0.4) is 0 Å². The zero-order valence-electron chi connectivity index (χ0n) is 16.2. The third kappa shape index (κ3) is 4.26. The minimum Gasteiger partial charge on any atom is -0.440 e. The number of fused-ring (bicyclic) bond motifs is 1. The first-order chi connectivity index (χ1) is 14.1. The lowest BCUT2D eigenvalue weighted by molar-refractivity contribution is -0.136. The quantitative estimate of drug-likeness (QED) is 0.538.